The predicted molar refractivity (Wildman–Crippen MR) is 61.3 cm³/mol. The number of hydrogen-bond donors (Lipinski definition) is 0. The maximum atomic E-state index is 11.4. The summed E-state index contributed by atoms with van der Waals surface area (Å²) in [4.78, 5) is 13.8. The van der Waals surface area contributed by atoms with E-state index in [4.69, 9.17) is 0 Å². The Hall–Kier alpha value is -0.220. The summed E-state index contributed by atoms with van der Waals surface area (Å²) in [7, 11) is -0.666. The first kappa shape index (κ1) is 11.3. The second-order valence-electron chi connectivity index (χ2n) is 4.50. The standard InChI is InChI=1S/C11H19NO2S/c1-2-15(14)6-5-12-9-3-4-10(12)8-11(13)7-9/h9-10H,2-8H2,1H3. The van der Waals surface area contributed by atoms with Crippen molar-refractivity contribution >= 4 is 16.6 Å². The number of carbonyl (C=O) groups excluding carboxylic acids is 1. The number of ketones is 1. The van der Waals surface area contributed by atoms with Crippen molar-refractivity contribution in [2.75, 3.05) is 18.1 Å². The monoisotopic (exact) mass is 229 g/mol. The van der Waals surface area contributed by atoms with Crippen molar-refractivity contribution in [1.82, 2.24) is 4.90 Å². The second kappa shape index (κ2) is 4.74. The van der Waals surface area contributed by atoms with E-state index in [9.17, 15) is 9.00 Å². The van der Waals surface area contributed by atoms with Gasteiger partial charge < -0.3 is 0 Å². The number of fused-ring (bicyclic) bond motifs is 2. The minimum Gasteiger partial charge on any atom is -0.300 e. The van der Waals surface area contributed by atoms with Gasteiger partial charge in [0.1, 0.15) is 5.78 Å². The number of Topliss-reactive ketones (excluding diaryl/α,β-unsaturated/α-hetero) is 1. The average molecular weight is 229 g/mol. The first-order valence-corrected chi connectivity index (χ1v) is 7.32. The molecule has 0 amide bonds. The molecule has 0 saturated carbocycles. The minimum atomic E-state index is -0.666. The van der Waals surface area contributed by atoms with Crippen LogP contribution in [0.25, 0.3) is 0 Å². The SMILES string of the molecule is CCS(=O)CCN1C2CCC1CC(=O)C2. The maximum absolute atomic E-state index is 11.4. The van der Waals surface area contributed by atoms with Crippen molar-refractivity contribution in [3.8, 4) is 0 Å². The highest BCUT2D eigenvalue weighted by atomic mass is 32.2. The number of carbonyl (C=O) groups is 1. The summed E-state index contributed by atoms with van der Waals surface area (Å²) in [5.41, 5.74) is 0. The first-order valence-electron chi connectivity index (χ1n) is 5.83. The van der Waals surface area contributed by atoms with Crippen LogP contribution in [0.2, 0.25) is 0 Å². The van der Waals surface area contributed by atoms with E-state index in [2.05, 4.69) is 4.90 Å². The number of nitrogens with zero attached hydrogens (tertiary/aromatic N) is 1. The molecule has 15 heavy (non-hydrogen) atoms. The molecule has 2 fully saturated rings. The summed E-state index contributed by atoms with van der Waals surface area (Å²) in [6.07, 6.45) is 3.79. The normalized spacial score (nSPS) is 33.3. The maximum Gasteiger partial charge on any atom is 0.136 e. The molecule has 2 heterocycles. The van der Waals surface area contributed by atoms with Gasteiger partial charge in [0, 0.05) is 53.8 Å². The Morgan fingerprint density at radius 3 is 2.47 bits per heavy atom. The largest absolute Gasteiger partial charge is 0.300 e. The summed E-state index contributed by atoms with van der Waals surface area (Å²) in [5, 5.41) is 0. The molecule has 2 saturated heterocycles. The quantitative estimate of drug-likeness (QED) is 0.720. The molecule has 0 radical (unpaired) electrons. The lowest BCUT2D eigenvalue weighted by atomic mass is 10.0. The molecule has 86 valence electrons. The molecule has 3 atom stereocenters. The van der Waals surface area contributed by atoms with Gasteiger partial charge in [0.25, 0.3) is 0 Å². The summed E-state index contributed by atoms with van der Waals surface area (Å²) >= 11 is 0. The zero-order chi connectivity index (χ0) is 10.8. The van der Waals surface area contributed by atoms with Gasteiger partial charge >= 0.3 is 0 Å². The lowest BCUT2D eigenvalue weighted by Gasteiger charge is -2.33. The molecule has 2 aliphatic rings. The molecule has 0 aromatic rings. The topological polar surface area (TPSA) is 37.4 Å². The summed E-state index contributed by atoms with van der Waals surface area (Å²) < 4.78 is 11.4. The molecule has 2 rings (SSSR count). The van der Waals surface area contributed by atoms with Gasteiger partial charge in [-0.25, -0.2) is 0 Å². The summed E-state index contributed by atoms with van der Waals surface area (Å²) in [6.45, 7) is 2.88. The van der Waals surface area contributed by atoms with Crippen LogP contribution in [0.4, 0.5) is 0 Å². The van der Waals surface area contributed by atoms with E-state index in [0.717, 1.165) is 43.7 Å². The van der Waals surface area contributed by atoms with Gasteiger partial charge in [-0.15, -0.1) is 0 Å². The number of piperidine rings is 1. The van der Waals surface area contributed by atoms with E-state index in [1.54, 1.807) is 0 Å². The van der Waals surface area contributed by atoms with Crippen molar-refractivity contribution < 1.29 is 9.00 Å². The third-order valence-corrected chi connectivity index (χ3v) is 4.88. The van der Waals surface area contributed by atoms with Crippen LogP contribution in [0.1, 0.15) is 32.6 Å². The van der Waals surface area contributed by atoms with Gasteiger partial charge in [0.05, 0.1) is 0 Å². The number of hydrogen-bond acceptors (Lipinski definition) is 3. The van der Waals surface area contributed by atoms with E-state index >= 15 is 0 Å². The Morgan fingerprint density at radius 1 is 1.33 bits per heavy atom. The molecule has 4 heteroatoms. The van der Waals surface area contributed by atoms with Gasteiger partial charge in [0.2, 0.25) is 0 Å². The Bertz CT molecular complexity index is 264. The van der Waals surface area contributed by atoms with Crippen LogP contribution in [0.3, 0.4) is 0 Å². The van der Waals surface area contributed by atoms with Crippen LogP contribution < -0.4 is 0 Å². The molecular formula is C11H19NO2S. The van der Waals surface area contributed by atoms with E-state index in [-0.39, 0.29) is 0 Å². The fourth-order valence-electron chi connectivity index (χ4n) is 2.78. The van der Waals surface area contributed by atoms with Crippen LogP contribution in [-0.2, 0) is 15.6 Å². The van der Waals surface area contributed by atoms with Gasteiger partial charge in [-0.3, -0.25) is 13.9 Å². The van der Waals surface area contributed by atoms with E-state index in [0.29, 0.717) is 17.9 Å². The molecule has 3 unspecified atom stereocenters. The zero-order valence-electron chi connectivity index (χ0n) is 9.28. The van der Waals surface area contributed by atoms with Gasteiger partial charge in [-0.2, -0.15) is 0 Å². The van der Waals surface area contributed by atoms with Crippen molar-refractivity contribution in [3.63, 3.8) is 0 Å². The molecule has 0 aromatic heterocycles. The first-order chi connectivity index (χ1) is 7.20. The van der Waals surface area contributed by atoms with Crippen molar-refractivity contribution in [3.05, 3.63) is 0 Å². The van der Waals surface area contributed by atoms with Gasteiger partial charge in [-0.1, -0.05) is 6.92 Å². The molecule has 3 nitrogen and oxygen atoms in total. The van der Waals surface area contributed by atoms with E-state index in [1.165, 1.54) is 0 Å². The fourth-order valence-corrected chi connectivity index (χ4v) is 3.48. The molecule has 0 aliphatic carbocycles. The Balaban J connectivity index is 1.88. The molecule has 0 spiro atoms. The zero-order valence-corrected chi connectivity index (χ0v) is 10.1. The molecule has 0 N–H and O–H groups in total. The molecule has 2 bridgehead atoms. The average Bonchev–Trinajstić information content (AvgIpc) is 2.46. The van der Waals surface area contributed by atoms with Crippen molar-refractivity contribution in [2.24, 2.45) is 0 Å². The highest BCUT2D eigenvalue weighted by molar-refractivity contribution is 7.84. The Morgan fingerprint density at radius 2 is 1.93 bits per heavy atom. The minimum absolute atomic E-state index is 0.426. The van der Waals surface area contributed by atoms with E-state index < -0.39 is 10.8 Å². The Labute approximate surface area is 93.7 Å². The van der Waals surface area contributed by atoms with Gasteiger partial charge in [-0.05, 0) is 12.8 Å². The van der Waals surface area contributed by atoms with Crippen LogP contribution >= 0.6 is 0 Å². The van der Waals surface area contributed by atoms with Crippen LogP contribution in [0.5, 0.6) is 0 Å². The van der Waals surface area contributed by atoms with Crippen molar-refractivity contribution in [2.45, 2.75) is 44.7 Å². The summed E-state index contributed by atoms with van der Waals surface area (Å²) in [6, 6.07) is 0.926. The Kier molecular flexibility index (Phi) is 3.57. The summed E-state index contributed by atoms with van der Waals surface area (Å²) in [5.74, 6) is 1.95. The lowest BCUT2D eigenvalue weighted by molar-refractivity contribution is -0.123. The highest BCUT2D eigenvalue weighted by Gasteiger charge is 2.39. The lowest BCUT2D eigenvalue weighted by Crippen LogP contribution is -2.44. The fraction of sp³-hybridized carbons (Fsp3) is 0.909. The van der Waals surface area contributed by atoms with Gasteiger partial charge in [0.15, 0.2) is 0 Å². The smallest absolute Gasteiger partial charge is 0.136 e. The van der Waals surface area contributed by atoms with Crippen LogP contribution in [0, 0.1) is 0 Å². The number of rotatable bonds is 4. The highest BCUT2D eigenvalue weighted by Crippen LogP contribution is 2.33. The van der Waals surface area contributed by atoms with E-state index in [1.807, 2.05) is 6.92 Å². The molecular weight excluding hydrogens is 210 g/mol. The second-order valence-corrected chi connectivity index (χ2v) is 6.37. The molecule has 2 aliphatic heterocycles. The van der Waals surface area contributed by atoms with Crippen molar-refractivity contribution in [1.29, 1.82) is 0 Å². The molecule has 0 aromatic carbocycles. The third kappa shape index (κ3) is 2.48. The van der Waals surface area contributed by atoms with Crippen LogP contribution in [-0.4, -0.2) is 45.0 Å². The predicted octanol–water partition coefficient (Wildman–Crippen LogP) is 0.951. The van der Waals surface area contributed by atoms with Crippen LogP contribution in [0.15, 0.2) is 0 Å². The third-order valence-electron chi connectivity index (χ3n) is 3.60.